The SMILES string of the molecule is Cc1ccc(OC/C(CN2C(=O)c3ccccc3C2=O)=C(/F)C(=O)O)cc1. The number of imide groups is 1. The van der Waals surface area contributed by atoms with E-state index in [0.29, 0.717) is 5.75 Å². The van der Waals surface area contributed by atoms with E-state index < -0.39 is 36.8 Å². The van der Waals surface area contributed by atoms with Crippen LogP contribution in [0.15, 0.2) is 59.9 Å². The van der Waals surface area contributed by atoms with Gasteiger partial charge < -0.3 is 9.84 Å². The Balaban J connectivity index is 1.82. The molecule has 0 unspecified atom stereocenters. The van der Waals surface area contributed by atoms with Crippen molar-refractivity contribution in [3.63, 3.8) is 0 Å². The Bertz CT molecular complexity index is 914. The Hall–Kier alpha value is -3.48. The highest BCUT2D eigenvalue weighted by Crippen LogP contribution is 2.24. The van der Waals surface area contributed by atoms with Crippen LogP contribution in [0.4, 0.5) is 4.39 Å². The monoisotopic (exact) mass is 369 g/mol. The number of nitrogens with zero attached hydrogens (tertiary/aromatic N) is 1. The molecule has 2 aromatic carbocycles. The summed E-state index contributed by atoms with van der Waals surface area (Å²) in [5.41, 5.74) is 1.10. The molecule has 0 saturated carbocycles. The van der Waals surface area contributed by atoms with Crippen LogP contribution in [0, 0.1) is 6.92 Å². The maximum Gasteiger partial charge on any atom is 0.364 e. The van der Waals surface area contributed by atoms with Gasteiger partial charge in [-0.25, -0.2) is 4.79 Å². The second kappa shape index (κ2) is 7.41. The maximum absolute atomic E-state index is 14.1. The zero-order valence-corrected chi connectivity index (χ0v) is 14.4. The molecule has 0 saturated heterocycles. The van der Waals surface area contributed by atoms with Gasteiger partial charge in [-0.3, -0.25) is 14.5 Å². The number of fused-ring (bicyclic) bond motifs is 1. The minimum Gasteiger partial charge on any atom is -0.489 e. The maximum atomic E-state index is 14.1. The molecule has 6 nitrogen and oxygen atoms in total. The lowest BCUT2D eigenvalue weighted by molar-refractivity contribution is -0.134. The van der Waals surface area contributed by atoms with Crippen LogP contribution in [0.2, 0.25) is 0 Å². The average Bonchev–Trinajstić information content (AvgIpc) is 2.90. The van der Waals surface area contributed by atoms with Crippen molar-refractivity contribution < 1.29 is 28.6 Å². The molecule has 0 aromatic heterocycles. The van der Waals surface area contributed by atoms with E-state index >= 15 is 0 Å². The summed E-state index contributed by atoms with van der Waals surface area (Å²) in [6, 6.07) is 13.1. The van der Waals surface area contributed by atoms with Crippen LogP contribution in [-0.2, 0) is 4.79 Å². The van der Waals surface area contributed by atoms with Crippen molar-refractivity contribution in [3.8, 4) is 5.75 Å². The standard InChI is InChI=1S/C20H16FNO5/c1-12-6-8-14(9-7-12)27-11-13(17(21)20(25)26)10-22-18(23)15-4-2-3-5-16(15)19(22)24/h2-9H,10-11H2,1H3,(H,25,26)/b17-13+. The molecule has 0 atom stereocenters. The summed E-state index contributed by atoms with van der Waals surface area (Å²) in [5, 5.41) is 8.99. The van der Waals surface area contributed by atoms with Crippen LogP contribution < -0.4 is 4.74 Å². The minimum absolute atomic E-state index is 0.206. The highest BCUT2D eigenvalue weighted by Gasteiger charge is 2.36. The molecule has 1 aliphatic rings. The van der Waals surface area contributed by atoms with Gasteiger partial charge in [0, 0.05) is 5.57 Å². The fourth-order valence-corrected chi connectivity index (χ4v) is 2.71. The summed E-state index contributed by atoms with van der Waals surface area (Å²) in [7, 11) is 0. The lowest BCUT2D eigenvalue weighted by Gasteiger charge is -2.17. The van der Waals surface area contributed by atoms with Gasteiger partial charge in [0.2, 0.25) is 5.83 Å². The van der Waals surface area contributed by atoms with E-state index in [1.54, 1.807) is 36.4 Å². The number of carboxylic acid groups (broad SMARTS) is 1. The molecule has 2 aromatic rings. The van der Waals surface area contributed by atoms with Crippen LogP contribution in [-0.4, -0.2) is 40.9 Å². The Morgan fingerprint density at radius 2 is 1.59 bits per heavy atom. The van der Waals surface area contributed by atoms with Crippen LogP contribution in [0.5, 0.6) is 5.75 Å². The molecule has 1 N–H and O–H groups in total. The number of aryl methyl sites for hydroxylation is 1. The van der Waals surface area contributed by atoms with Gasteiger partial charge in [0.1, 0.15) is 12.4 Å². The molecule has 7 heteroatoms. The molecular formula is C20H16FNO5. The van der Waals surface area contributed by atoms with E-state index in [4.69, 9.17) is 9.84 Å². The van der Waals surface area contributed by atoms with E-state index in [1.165, 1.54) is 12.1 Å². The summed E-state index contributed by atoms with van der Waals surface area (Å²) in [5.74, 6) is -4.00. The highest BCUT2D eigenvalue weighted by molar-refractivity contribution is 6.21. The van der Waals surface area contributed by atoms with Gasteiger partial charge in [0.05, 0.1) is 17.7 Å². The normalized spacial score (nSPS) is 14.1. The van der Waals surface area contributed by atoms with Crippen molar-refractivity contribution >= 4 is 17.8 Å². The first-order chi connectivity index (χ1) is 12.9. The Labute approximate surface area is 154 Å². The van der Waals surface area contributed by atoms with Crippen molar-refractivity contribution in [2.45, 2.75) is 6.92 Å². The van der Waals surface area contributed by atoms with E-state index in [2.05, 4.69) is 0 Å². The number of rotatable bonds is 6. The van der Waals surface area contributed by atoms with E-state index in [0.717, 1.165) is 10.5 Å². The predicted octanol–water partition coefficient (Wildman–Crippen LogP) is 2.98. The number of halogens is 1. The molecule has 0 spiro atoms. The third kappa shape index (κ3) is 3.72. The van der Waals surface area contributed by atoms with E-state index in [1.807, 2.05) is 6.92 Å². The van der Waals surface area contributed by atoms with Crippen molar-refractivity contribution in [2.75, 3.05) is 13.2 Å². The lowest BCUT2D eigenvalue weighted by atomic mass is 10.1. The average molecular weight is 369 g/mol. The van der Waals surface area contributed by atoms with Crippen molar-refractivity contribution in [3.05, 3.63) is 76.6 Å². The molecule has 27 heavy (non-hydrogen) atoms. The molecule has 138 valence electrons. The van der Waals surface area contributed by atoms with Crippen LogP contribution in [0.25, 0.3) is 0 Å². The molecule has 0 bridgehead atoms. The largest absolute Gasteiger partial charge is 0.489 e. The van der Waals surface area contributed by atoms with Crippen LogP contribution in [0.3, 0.4) is 0 Å². The molecule has 0 radical (unpaired) electrons. The molecule has 1 heterocycles. The van der Waals surface area contributed by atoms with Crippen molar-refractivity contribution in [2.24, 2.45) is 0 Å². The Morgan fingerprint density at radius 3 is 2.11 bits per heavy atom. The van der Waals surface area contributed by atoms with Crippen molar-refractivity contribution in [1.82, 2.24) is 4.90 Å². The van der Waals surface area contributed by atoms with Gasteiger partial charge in [0.25, 0.3) is 11.8 Å². The van der Waals surface area contributed by atoms with Gasteiger partial charge in [-0.15, -0.1) is 0 Å². The Morgan fingerprint density at radius 1 is 1.04 bits per heavy atom. The fraction of sp³-hybridized carbons (Fsp3) is 0.150. The molecule has 2 amide bonds. The summed E-state index contributed by atoms with van der Waals surface area (Å²) >= 11 is 0. The Kier molecular flexibility index (Phi) is 5.03. The van der Waals surface area contributed by atoms with Crippen LogP contribution >= 0.6 is 0 Å². The number of carbonyl (C=O) groups is 3. The number of ether oxygens (including phenoxy) is 1. The number of hydrogen-bond acceptors (Lipinski definition) is 4. The quantitative estimate of drug-likeness (QED) is 0.625. The predicted molar refractivity (Wildman–Crippen MR) is 94.3 cm³/mol. The lowest BCUT2D eigenvalue weighted by Crippen LogP contribution is -2.33. The number of amides is 2. The zero-order valence-electron chi connectivity index (χ0n) is 14.4. The number of benzene rings is 2. The second-order valence-corrected chi connectivity index (χ2v) is 6.07. The first kappa shape index (κ1) is 18.3. The van der Waals surface area contributed by atoms with Gasteiger partial charge in [-0.2, -0.15) is 4.39 Å². The van der Waals surface area contributed by atoms with E-state index in [9.17, 15) is 18.8 Å². The summed E-state index contributed by atoms with van der Waals surface area (Å²) in [6.45, 7) is 0.979. The molecule has 0 aliphatic carbocycles. The fourth-order valence-electron chi connectivity index (χ4n) is 2.71. The van der Waals surface area contributed by atoms with E-state index in [-0.39, 0.29) is 16.7 Å². The topological polar surface area (TPSA) is 83.9 Å². The highest BCUT2D eigenvalue weighted by atomic mass is 19.1. The first-order valence-electron chi connectivity index (χ1n) is 8.14. The number of carboxylic acids is 1. The van der Waals surface area contributed by atoms with Crippen molar-refractivity contribution in [1.29, 1.82) is 0 Å². The molecule has 3 rings (SSSR count). The zero-order chi connectivity index (χ0) is 19.6. The number of carbonyl (C=O) groups excluding carboxylic acids is 2. The second-order valence-electron chi connectivity index (χ2n) is 6.07. The summed E-state index contributed by atoms with van der Waals surface area (Å²) in [6.07, 6.45) is 0. The van der Waals surface area contributed by atoms with Crippen LogP contribution in [0.1, 0.15) is 26.3 Å². The number of aliphatic carboxylic acids is 1. The third-order valence-electron chi connectivity index (χ3n) is 4.16. The van der Waals surface area contributed by atoms with Gasteiger partial charge in [-0.1, -0.05) is 29.8 Å². The minimum atomic E-state index is -1.78. The summed E-state index contributed by atoms with van der Waals surface area (Å²) < 4.78 is 19.6. The third-order valence-corrected chi connectivity index (χ3v) is 4.16. The smallest absolute Gasteiger partial charge is 0.364 e. The first-order valence-corrected chi connectivity index (χ1v) is 8.14. The molecular weight excluding hydrogens is 353 g/mol. The molecule has 0 fully saturated rings. The van der Waals surface area contributed by atoms with Gasteiger partial charge in [0.15, 0.2) is 0 Å². The van der Waals surface area contributed by atoms with Gasteiger partial charge >= 0.3 is 5.97 Å². The molecule has 1 aliphatic heterocycles. The summed E-state index contributed by atoms with van der Waals surface area (Å²) in [4.78, 5) is 36.7. The number of hydrogen-bond donors (Lipinski definition) is 1. The van der Waals surface area contributed by atoms with Gasteiger partial charge in [-0.05, 0) is 31.2 Å².